The maximum atomic E-state index is 12.9. The Bertz CT molecular complexity index is 788. The van der Waals surface area contributed by atoms with E-state index in [1.54, 1.807) is 6.07 Å². The molecule has 1 heterocycles. The molecule has 2 aromatic rings. The Balaban J connectivity index is 1.57. The minimum Gasteiger partial charge on any atom is -0.299 e. The molecule has 0 aliphatic carbocycles. The molecule has 0 radical (unpaired) electrons. The Morgan fingerprint density at radius 2 is 1.78 bits per heavy atom. The van der Waals surface area contributed by atoms with E-state index in [9.17, 15) is 13.2 Å². The van der Waals surface area contributed by atoms with Crippen LogP contribution in [0.15, 0.2) is 54.6 Å². The first-order chi connectivity index (χ1) is 12.8. The van der Waals surface area contributed by atoms with Crippen LogP contribution in [0.3, 0.4) is 0 Å². The van der Waals surface area contributed by atoms with Gasteiger partial charge in [0.1, 0.15) is 0 Å². The van der Waals surface area contributed by atoms with E-state index in [1.165, 1.54) is 23.3 Å². The third-order valence-corrected chi connectivity index (χ3v) is 5.22. The topological polar surface area (TPSA) is 3.24 Å². The van der Waals surface area contributed by atoms with Crippen LogP contribution in [0.5, 0.6) is 0 Å². The summed E-state index contributed by atoms with van der Waals surface area (Å²) in [4.78, 5) is 2.35. The zero-order valence-electron chi connectivity index (χ0n) is 15.9. The van der Waals surface area contributed by atoms with Crippen LogP contribution < -0.4 is 0 Å². The molecule has 0 aromatic heterocycles. The first kappa shape index (κ1) is 19.7. The molecule has 0 amide bonds. The van der Waals surface area contributed by atoms with Crippen LogP contribution in [-0.2, 0) is 12.6 Å². The van der Waals surface area contributed by atoms with Gasteiger partial charge in [0.15, 0.2) is 0 Å². The third-order valence-electron chi connectivity index (χ3n) is 5.22. The summed E-state index contributed by atoms with van der Waals surface area (Å²) < 4.78 is 38.7. The van der Waals surface area contributed by atoms with Gasteiger partial charge in [-0.25, -0.2) is 0 Å². The summed E-state index contributed by atoms with van der Waals surface area (Å²) in [5.41, 5.74) is 3.80. The van der Waals surface area contributed by atoms with Crippen molar-refractivity contribution < 1.29 is 13.2 Å². The number of hydrogen-bond acceptors (Lipinski definition) is 1. The van der Waals surface area contributed by atoms with Gasteiger partial charge in [-0.15, -0.1) is 0 Å². The van der Waals surface area contributed by atoms with E-state index in [-0.39, 0.29) is 0 Å². The molecule has 0 saturated carbocycles. The summed E-state index contributed by atoms with van der Waals surface area (Å²) >= 11 is 0. The minimum atomic E-state index is -4.29. The average molecular weight is 373 g/mol. The van der Waals surface area contributed by atoms with Gasteiger partial charge in [0.25, 0.3) is 0 Å². The molecule has 144 valence electrons. The molecule has 3 rings (SSSR count). The smallest absolute Gasteiger partial charge is 0.299 e. The first-order valence-electron chi connectivity index (χ1n) is 9.51. The molecule has 0 unspecified atom stereocenters. The van der Waals surface area contributed by atoms with Gasteiger partial charge in [-0.1, -0.05) is 56.3 Å². The largest absolute Gasteiger partial charge is 0.416 e. The Morgan fingerprint density at radius 3 is 2.37 bits per heavy atom. The van der Waals surface area contributed by atoms with Crippen LogP contribution in [0.25, 0.3) is 5.57 Å². The fraction of sp³-hybridized carbons (Fsp3) is 0.391. The van der Waals surface area contributed by atoms with E-state index in [0.717, 1.165) is 44.1 Å². The highest BCUT2D eigenvalue weighted by molar-refractivity contribution is 5.67. The Hall–Kier alpha value is -2.07. The number of nitrogens with zero attached hydrogens (tertiary/aromatic N) is 1. The normalized spacial score (nSPS) is 15.9. The molecule has 0 bridgehead atoms. The van der Waals surface area contributed by atoms with Crippen LogP contribution in [0.1, 0.15) is 48.4 Å². The molecular weight excluding hydrogens is 347 g/mol. The first-order valence-corrected chi connectivity index (χ1v) is 9.51. The van der Waals surface area contributed by atoms with Crippen molar-refractivity contribution in [3.05, 3.63) is 76.9 Å². The number of rotatable bonds is 5. The van der Waals surface area contributed by atoms with Gasteiger partial charge in [0.05, 0.1) is 5.56 Å². The highest BCUT2D eigenvalue weighted by Crippen LogP contribution is 2.32. The van der Waals surface area contributed by atoms with E-state index in [2.05, 4.69) is 49.1 Å². The number of alkyl halides is 3. The lowest BCUT2D eigenvalue weighted by molar-refractivity contribution is -0.137. The SMILES string of the molecule is CC(C)c1ccc(CCN2CC=C(c3cccc(C(F)(F)F)c3)CC2)cc1. The molecule has 1 aliphatic rings. The lowest BCUT2D eigenvalue weighted by Gasteiger charge is -2.26. The van der Waals surface area contributed by atoms with Crippen molar-refractivity contribution in [2.45, 2.75) is 38.8 Å². The van der Waals surface area contributed by atoms with Gasteiger partial charge in [-0.05, 0) is 53.2 Å². The standard InChI is InChI=1S/C23H26F3N/c1-17(2)19-8-6-18(7-9-19)10-13-27-14-11-20(12-15-27)21-4-3-5-22(16-21)23(24,25)26/h3-9,11,16-17H,10,12-15H2,1-2H3. The monoisotopic (exact) mass is 373 g/mol. The maximum absolute atomic E-state index is 12.9. The van der Waals surface area contributed by atoms with Gasteiger partial charge in [0, 0.05) is 19.6 Å². The second-order valence-corrected chi connectivity index (χ2v) is 7.50. The van der Waals surface area contributed by atoms with Gasteiger partial charge in [0.2, 0.25) is 0 Å². The Morgan fingerprint density at radius 1 is 1.04 bits per heavy atom. The van der Waals surface area contributed by atoms with Crippen molar-refractivity contribution in [3.8, 4) is 0 Å². The predicted octanol–water partition coefficient (Wildman–Crippen LogP) is 6.16. The summed E-state index contributed by atoms with van der Waals surface area (Å²) in [6.45, 7) is 7.02. The van der Waals surface area contributed by atoms with Crippen molar-refractivity contribution >= 4 is 5.57 Å². The zero-order chi connectivity index (χ0) is 19.4. The molecule has 2 aromatic carbocycles. The molecule has 27 heavy (non-hydrogen) atoms. The van der Waals surface area contributed by atoms with Crippen molar-refractivity contribution in [1.29, 1.82) is 0 Å². The number of benzene rings is 2. The van der Waals surface area contributed by atoms with Gasteiger partial charge in [-0.3, -0.25) is 4.90 Å². The van der Waals surface area contributed by atoms with E-state index in [0.29, 0.717) is 11.5 Å². The highest BCUT2D eigenvalue weighted by atomic mass is 19.4. The van der Waals surface area contributed by atoms with E-state index < -0.39 is 11.7 Å². The van der Waals surface area contributed by atoms with Gasteiger partial charge >= 0.3 is 6.18 Å². The molecule has 0 N–H and O–H groups in total. The molecule has 0 fully saturated rings. The number of hydrogen-bond donors (Lipinski definition) is 0. The second-order valence-electron chi connectivity index (χ2n) is 7.50. The van der Waals surface area contributed by atoms with Crippen molar-refractivity contribution in [3.63, 3.8) is 0 Å². The summed E-state index contributed by atoms with van der Waals surface area (Å²) in [6.07, 6.45) is -0.443. The highest BCUT2D eigenvalue weighted by Gasteiger charge is 2.30. The van der Waals surface area contributed by atoms with Crippen LogP contribution in [0.4, 0.5) is 13.2 Å². The fourth-order valence-electron chi connectivity index (χ4n) is 3.43. The Labute approximate surface area is 159 Å². The third kappa shape index (κ3) is 5.23. The quantitative estimate of drug-likeness (QED) is 0.607. The maximum Gasteiger partial charge on any atom is 0.416 e. The molecule has 0 spiro atoms. The van der Waals surface area contributed by atoms with Crippen LogP contribution in [0.2, 0.25) is 0 Å². The zero-order valence-corrected chi connectivity index (χ0v) is 15.9. The van der Waals surface area contributed by atoms with Crippen molar-refractivity contribution in [2.75, 3.05) is 19.6 Å². The van der Waals surface area contributed by atoms with Crippen molar-refractivity contribution in [2.24, 2.45) is 0 Å². The van der Waals surface area contributed by atoms with E-state index in [1.807, 2.05) is 0 Å². The van der Waals surface area contributed by atoms with Crippen LogP contribution >= 0.6 is 0 Å². The molecule has 1 aliphatic heterocycles. The summed E-state index contributed by atoms with van der Waals surface area (Å²) in [5.74, 6) is 0.542. The molecule has 4 heteroatoms. The average Bonchev–Trinajstić information content (AvgIpc) is 2.66. The van der Waals surface area contributed by atoms with E-state index in [4.69, 9.17) is 0 Å². The fourth-order valence-corrected chi connectivity index (χ4v) is 3.43. The summed E-state index contributed by atoms with van der Waals surface area (Å²) in [6, 6.07) is 14.4. The van der Waals surface area contributed by atoms with Crippen LogP contribution in [-0.4, -0.2) is 24.5 Å². The second kappa shape index (κ2) is 8.30. The van der Waals surface area contributed by atoms with Gasteiger partial charge < -0.3 is 0 Å². The molecule has 0 saturated heterocycles. The van der Waals surface area contributed by atoms with E-state index >= 15 is 0 Å². The van der Waals surface area contributed by atoms with Crippen molar-refractivity contribution in [1.82, 2.24) is 4.90 Å². The lowest BCUT2D eigenvalue weighted by Crippen LogP contribution is -2.30. The van der Waals surface area contributed by atoms with Crippen LogP contribution in [0, 0.1) is 0 Å². The number of halogens is 3. The minimum absolute atomic E-state index is 0.542. The molecule has 1 nitrogen and oxygen atoms in total. The van der Waals surface area contributed by atoms with Gasteiger partial charge in [-0.2, -0.15) is 13.2 Å². The molecular formula is C23H26F3N. The molecule has 0 atom stereocenters. The summed E-state index contributed by atoms with van der Waals surface area (Å²) in [7, 11) is 0. The summed E-state index contributed by atoms with van der Waals surface area (Å²) in [5, 5.41) is 0. The predicted molar refractivity (Wildman–Crippen MR) is 105 cm³/mol. The Kier molecular flexibility index (Phi) is 6.05. The lowest BCUT2D eigenvalue weighted by atomic mass is 9.97.